The molecular formula is C20H23F4N3O5. The molecule has 1 saturated heterocycles. The van der Waals surface area contributed by atoms with Gasteiger partial charge in [0, 0.05) is 12.5 Å². The van der Waals surface area contributed by atoms with Gasteiger partial charge in [-0.3, -0.25) is 9.53 Å². The third-order valence-electron chi connectivity index (χ3n) is 4.86. The Bertz CT molecular complexity index is 863. The van der Waals surface area contributed by atoms with Gasteiger partial charge in [-0.05, 0) is 56.4 Å². The number of ether oxygens (including phenoxy) is 3. The largest absolute Gasteiger partial charge is 0.522 e. The Morgan fingerprint density at radius 2 is 1.91 bits per heavy atom. The topological polar surface area (TPSA) is 110 Å². The number of rotatable bonds is 6. The van der Waals surface area contributed by atoms with E-state index in [0.717, 1.165) is 19.3 Å². The van der Waals surface area contributed by atoms with Gasteiger partial charge in [-0.2, -0.15) is 4.98 Å². The van der Waals surface area contributed by atoms with Gasteiger partial charge in [-0.25, -0.2) is 4.39 Å². The van der Waals surface area contributed by atoms with E-state index in [9.17, 15) is 22.4 Å². The maximum Gasteiger partial charge on any atom is 0.522 e. The third-order valence-corrected chi connectivity index (χ3v) is 4.86. The first-order chi connectivity index (χ1) is 15.2. The SMILES string of the molecule is FC(F)(F)OC1CC(c2nc(C3CCCCO3)no2)C1.NC(=O)COc1ccc(F)cc1. The van der Waals surface area contributed by atoms with Gasteiger partial charge in [0.05, 0.1) is 6.10 Å². The standard InChI is InChI=1S/C12H15F3N2O3.C8H8FNO2/c13-12(14,15)19-8-5-7(6-8)11-16-10(17-20-11)9-3-1-2-4-18-9;9-6-1-3-7(4-2-6)12-5-8(10)11/h7-9H,1-6H2;1-4H,5H2,(H2,10,11). The van der Waals surface area contributed by atoms with Crippen LogP contribution in [0.1, 0.15) is 55.8 Å². The lowest BCUT2D eigenvalue weighted by molar-refractivity contribution is -0.352. The molecule has 4 rings (SSSR count). The molecule has 0 bridgehead atoms. The number of primary amides is 1. The number of nitrogens with zero attached hydrogens (tertiary/aromatic N) is 2. The molecule has 2 fully saturated rings. The minimum Gasteiger partial charge on any atom is -0.484 e. The summed E-state index contributed by atoms with van der Waals surface area (Å²) in [4.78, 5) is 14.5. The summed E-state index contributed by atoms with van der Waals surface area (Å²) < 4.78 is 67.9. The number of amides is 1. The van der Waals surface area contributed by atoms with E-state index in [1.807, 2.05) is 0 Å². The Kier molecular flexibility index (Phi) is 8.02. The average Bonchev–Trinajstić information content (AvgIpc) is 3.20. The molecule has 8 nitrogen and oxygen atoms in total. The summed E-state index contributed by atoms with van der Waals surface area (Å²) in [7, 11) is 0. The van der Waals surface area contributed by atoms with Crippen molar-refractivity contribution in [3.8, 4) is 5.75 Å². The number of halogens is 4. The van der Waals surface area contributed by atoms with E-state index >= 15 is 0 Å². The number of carbonyl (C=O) groups excluding carboxylic acids is 1. The highest BCUT2D eigenvalue weighted by atomic mass is 19.4. The van der Waals surface area contributed by atoms with Crippen LogP contribution in [0.4, 0.5) is 17.6 Å². The van der Waals surface area contributed by atoms with E-state index in [4.69, 9.17) is 19.7 Å². The molecule has 0 spiro atoms. The van der Waals surface area contributed by atoms with Crippen molar-refractivity contribution in [2.45, 2.75) is 56.6 Å². The number of benzene rings is 1. The highest BCUT2D eigenvalue weighted by molar-refractivity contribution is 5.75. The first-order valence-electron chi connectivity index (χ1n) is 10.1. The smallest absolute Gasteiger partial charge is 0.484 e. The van der Waals surface area contributed by atoms with Crippen LogP contribution in [0.3, 0.4) is 0 Å². The summed E-state index contributed by atoms with van der Waals surface area (Å²) in [5.41, 5.74) is 4.83. The van der Waals surface area contributed by atoms with E-state index in [0.29, 0.717) is 24.1 Å². The number of hydrogen-bond donors (Lipinski definition) is 1. The molecule has 2 N–H and O–H groups in total. The summed E-state index contributed by atoms with van der Waals surface area (Å²) in [5, 5.41) is 3.87. The fourth-order valence-corrected chi connectivity index (χ4v) is 3.23. The van der Waals surface area contributed by atoms with Crippen molar-refractivity contribution in [2.75, 3.05) is 13.2 Å². The van der Waals surface area contributed by atoms with E-state index in [1.165, 1.54) is 24.3 Å². The zero-order valence-corrected chi connectivity index (χ0v) is 17.0. The molecule has 0 radical (unpaired) electrons. The van der Waals surface area contributed by atoms with E-state index in [2.05, 4.69) is 14.9 Å². The second kappa shape index (κ2) is 10.7. The second-order valence-corrected chi connectivity index (χ2v) is 7.41. The predicted molar refractivity (Wildman–Crippen MR) is 101 cm³/mol. The molecule has 1 aromatic heterocycles. The molecule has 1 saturated carbocycles. The summed E-state index contributed by atoms with van der Waals surface area (Å²) >= 11 is 0. The summed E-state index contributed by atoms with van der Waals surface area (Å²) in [5.74, 6) is 0.263. The quantitative estimate of drug-likeness (QED) is 0.652. The minimum atomic E-state index is -4.58. The highest BCUT2D eigenvalue weighted by Crippen LogP contribution is 2.41. The fraction of sp³-hybridized carbons (Fsp3) is 0.550. The Balaban J connectivity index is 0.000000207. The maximum atomic E-state index is 12.3. The molecule has 2 aliphatic rings. The number of carbonyl (C=O) groups is 1. The Morgan fingerprint density at radius 1 is 1.19 bits per heavy atom. The molecule has 176 valence electrons. The van der Waals surface area contributed by atoms with Gasteiger partial charge in [-0.1, -0.05) is 5.16 Å². The molecule has 12 heteroatoms. The summed E-state index contributed by atoms with van der Waals surface area (Å²) in [6.45, 7) is 0.491. The molecule has 1 aliphatic carbocycles. The van der Waals surface area contributed by atoms with Gasteiger partial charge < -0.3 is 19.7 Å². The van der Waals surface area contributed by atoms with E-state index in [1.54, 1.807) is 0 Å². The van der Waals surface area contributed by atoms with Crippen LogP contribution in [0.2, 0.25) is 0 Å². The number of alkyl halides is 3. The molecule has 1 aromatic carbocycles. The minimum absolute atomic E-state index is 0.146. The predicted octanol–water partition coefficient (Wildman–Crippen LogP) is 3.78. The molecule has 1 aliphatic heterocycles. The molecule has 2 heterocycles. The van der Waals surface area contributed by atoms with Gasteiger partial charge in [0.15, 0.2) is 6.61 Å². The van der Waals surface area contributed by atoms with Crippen molar-refractivity contribution in [1.82, 2.24) is 10.1 Å². The fourth-order valence-electron chi connectivity index (χ4n) is 3.23. The Morgan fingerprint density at radius 3 is 2.50 bits per heavy atom. The lowest BCUT2D eigenvalue weighted by atomic mass is 9.82. The molecular weight excluding hydrogens is 438 g/mol. The van der Waals surface area contributed by atoms with Crippen LogP contribution in [0, 0.1) is 5.82 Å². The molecule has 1 amide bonds. The van der Waals surface area contributed by atoms with Gasteiger partial charge in [0.25, 0.3) is 5.91 Å². The molecule has 32 heavy (non-hydrogen) atoms. The Labute approximate surface area is 181 Å². The van der Waals surface area contributed by atoms with Crippen LogP contribution in [-0.2, 0) is 14.3 Å². The molecule has 1 atom stereocenters. The lowest BCUT2D eigenvalue weighted by Gasteiger charge is -2.32. The van der Waals surface area contributed by atoms with Crippen LogP contribution in [-0.4, -0.2) is 41.7 Å². The molecule has 1 unspecified atom stereocenters. The first-order valence-corrected chi connectivity index (χ1v) is 10.1. The van der Waals surface area contributed by atoms with Crippen molar-refractivity contribution < 1.29 is 41.1 Å². The van der Waals surface area contributed by atoms with Crippen molar-refractivity contribution in [1.29, 1.82) is 0 Å². The first kappa shape index (κ1) is 23.9. The number of nitrogens with two attached hydrogens (primary N) is 1. The van der Waals surface area contributed by atoms with E-state index < -0.39 is 18.4 Å². The van der Waals surface area contributed by atoms with Crippen LogP contribution >= 0.6 is 0 Å². The average molecular weight is 461 g/mol. The maximum absolute atomic E-state index is 12.3. The zero-order chi connectivity index (χ0) is 23.1. The van der Waals surface area contributed by atoms with Gasteiger partial charge in [0.2, 0.25) is 11.7 Å². The normalized spacial score (nSPS) is 22.9. The number of hydrogen-bond acceptors (Lipinski definition) is 7. The summed E-state index contributed by atoms with van der Waals surface area (Å²) in [6, 6.07) is 5.35. The van der Waals surface area contributed by atoms with Crippen LogP contribution in [0.15, 0.2) is 28.8 Å². The van der Waals surface area contributed by atoms with Crippen LogP contribution < -0.4 is 10.5 Å². The highest BCUT2D eigenvalue weighted by Gasteiger charge is 2.42. The van der Waals surface area contributed by atoms with Gasteiger partial charge in [-0.15, -0.1) is 13.2 Å². The third kappa shape index (κ3) is 7.45. The van der Waals surface area contributed by atoms with Crippen LogP contribution in [0.25, 0.3) is 0 Å². The Hall–Kier alpha value is -2.73. The second-order valence-electron chi connectivity index (χ2n) is 7.41. The van der Waals surface area contributed by atoms with E-state index in [-0.39, 0.29) is 37.3 Å². The van der Waals surface area contributed by atoms with Gasteiger partial charge >= 0.3 is 6.36 Å². The van der Waals surface area contributed by atoms with Crippen molar-refractivity contribution in [2.24, 2.45) is 5.73 Å². The van der Waals surface area contributed by atoms with Crippen molar-refractivity contribution >= 4 is 5.91 Å². The number of aromatic nitrogens is 2. The van der Waals surface area contributed by atoms with Gasteiger partial charge in [0.1, 0.15) is 17.7 Å². The van der Waals surface area contributed by atoms with Crippen LogP contribution in [0.5, 0.6) is 5.75 Å². The van der Waals surface area contributed by atoms with Crippen molar-refractivity contribution in [3.63, 3.8) is 0 Å². The monoisotopic (exact) mass is 461 g/mol. The van der Waals surface area contributed by atoms with Crippen molar-refractivity contribution in [3.05, 3.63) is 41.8 Å². The molecule has 2 aromatic rings. The summed E-state index contributed by atoms with van der Waals surface area (Å²) in [6.07, 6.45) is -2.08. The lowest BCUT2D eigenvalue weighted by Crippen LogP contribution is -2.34. The zero-order valence-electron chi connectivity index (χ0n) is 17.0.